The van der Waals surface area contributed by atoms with Crippen molar-refractivity contribution in [1.82, 2.24) is 14.3 Å². The molecular formula is C18H21ClN4O3S2. The molecule has 7 nitrogen and oxygen atoms in total. The lowest BCUT2D eigenvalue weighted by atomic mass is 10.1. The smallest absolute Gasteiger partial charge is 0.275 e. The Bertz CT molecular complexity index is 967. The van der Waals surface area contributed by atoms with Crippen LogP contribution in [0, 0.1) is 0 Å². The van der Waals surface area contributed by atoms with E-state index in [9.17, 15) is 13.2 Å². The zero-order chi connectivity index (χ0) is 20.3. The largest absolute Gasteiger partial charge is 0.321 e. The van der Waals surface area contributed by atoms with E-state index in [-0.39, 0.29) is 21.7 Å². The molecule has 10 heteroatoms. The molecule has 0 bridgehead atoms. The minimum Gasteiger partial charge on any atom is -0.321 e. The van der Waals surface area contributed by atoms with E-state index in [1.807, 2.05) is 6.92 Å². The van der Waals surface area contributed by atoms with Crippen LogP contribution >= 0.6 is 23.4 Å². The topological polar surface area (TPSA) is 92.3 Å². The van der Waals surface area contributed by atoms with E-state index < -0.39 is 15.9 Å². The zero-order valence-corrected chi connectivity index (χ0v) is 17.9. The second-order valence-corrected chi connectivity index (χ2v) is 9.56. The molecular weight excluding hydrogens is 420 g/mol. The first kappa shape index (κ1) is 21.0. The van der Waals surface area contributed by atoms with Gasteiger partial charge in [0.05, 0.1) is 16.1 Å². The number of halogens is 1. The molecule has 1 fully saturated rings. The number of rotatable bonds is 5. The molecule has 0 spiro atoms. The predicted molar refractivity (Wildman–Crippen MR) is 110 cm³/mol. The van der Waals surface area contributed by atoms with Crippen LogP contribution < -0.4 is 5.32 Å². The summed E-state index contributed by atoms with van der Waals surface area (Å²) in [5.41, 5.74) is 0.524. The number of benzene rings is 1. The van der Waals surface area contributed by atoms with Crippen molar-refractivity contribution in [3.05, 3.63) is 41.2 Å². The third-order valence-electron chi connectivity index (χ3n) is 4.58. The van der Waals surface area contributed by atoms with Crippen LogP contribution in [-0.2, 0) is 10.0 Å². The van der Waals surface area contributed by atoms with Gasteiger partial charge < -0.3 is 5.32 Å². The summed E-state index contributed by atoms with van der Waals surface area (Å²) >= 11 is 7.32. The fourth-order valence-corrected chi connectivity index (χ4v) is 5.29. The van der Waals surface area contributed by atoms with Crippen molar-refractivity contribution in [3.8, 4) is 0 Å². The summed E-state index contributed by atoms with van der Waals surface area (Å²) in [6.07, 6.45) is 5.96. The van der Waals surface area contributed by atoms with E-state index in [1.165, 1.54) is 30.1 Å². The summed E-state index contributed by atoms with van der Waals surface area (Å²) < 4.78 is 27.3. The average molecular weight is 441 g/mol. The first-order valence-corrected chi connectivity index (χ1v) is 11.9. The maximum Gasteiger partial charge on any atom is 0.275 e. The molecule has 1 aromatic carbocycles. The van der Waals surface area contributed by atoms with Gasteiger partial charge in [0.25, 0.3) is 5.91 Å². The molecule has 1 atom stereocenters. The van der Waals surface area contributed by atoms with Gasteiger partial charge in [-0.2, -0.15) is 4.31 Å². The number of aromatic nitrogens is 2. The summed E-state index contributed by atoms with van der Waals surface area (Å²) in [6, 6.07) is 6.11. The maximum atomic E-state index is 12.9. The fourth-order valence-electron chi connectivity index (χ4n) is 3.07. The summed E-state index contributed by atoms with van der Waals surface area (Å²) in [7, 11) is -3.55. The van der Waals surface area contributed by atoms with Gasteiger partial charge in [0.15, 0.2) is 10.9 Å². The third-order valence-corrected chi connectivity index (χ3v) is 7.45. The number of carbonyl (C=O) groups is 1. The second kappa shape index (κ2) is 8.77. The van der Waals surface area contributed by atoms with Crippen LogP contribution in [-0.4, -0.2) is 47.4 Å². The van der Waals surface area contributed by atoms with E-state index in [0.29, 0.717) is 17.4 Å². The lowest BCUT2D eigenvalue weighted by Crippen LogP contribution is -2.41. The number of sulfonamides is 1. The first-order valence-electron chi connectivity index (χ1n) is 8.82. The standard InChI is InChI=1S/C18H21ClN4O3S2/c1-12-5-3-4-10-23(12)28(25,26)14-8-6-13(7-9-14)21-17(24)16-15(19)11-20-18(22-16)27-2/h6-9,11-12H,3-5,10H2,1-2H3,(H,21,24). The Balaban J connectivity index is 1.77. The highest BCUT2D eigenvalue weighted by molar-refractivity contribution is 7.98. The van der Waals surface area contributed by atoms with Crippen LogP contribution in [0.4, 0.5) is 5.69 Å². The van der Waals surface area contributed by atoms with Crippen molar-refractivity contribution in [3.63, 3.8) is 0 Å². The molecule has 1 aliphatic heterocycles. The molecule has 2 heterocycles. The highest BCUT2D eigenvalue weighted by atomic mass is 35.5. The van der Waals surface area contributed by atoms with E-state index >= 15 is 0 Å². The maximum absolute atomic E-state index is 12.9. The Kier molecular flexibility index (Phi) is 6.59. The van der Waals surface area contributed by atoms with Crippen LogP contribution in [0.5, 0.6) is 0 Å². The van der Waals surface area contributed by atoms with Crippen molar-refractivity contribution < 1.29 is 13.2 Å². The van der Waals surface area contributed by atoms with Crippen LogP contribution in [0.15, 0.2) is 40.5 Å². The minimum atomic E-state index is -3.55. The summed E-state index contributed by atoms with van der Waals surface area (Å²) in [4.78, 5) is 20.8. The lowest BCUT2D eigenvalue weighted by Gasteiger charge is -2.32. The van der Waals surface area contributed by atoms with E-state index in [4.69, 9.17) is 11.6 Å². The summed E-state index contributed by atoms with van der Waals surface area (Å²) in [6.45, 7) is 2.46. The van der Waals surface area contributed by atoms with Crippen LogP contribution in [0.2, 0.25) is 5.02 Å². The van der Waals surface area contributed by atoms with E-state index in [0.717, 1.165) is 19.3 Å². The van der Waals surface area contributed by atoms with Gasteiger partial charge in [-0.15, -0.1) is 0 Å². The van der Waals surface area contributed by atoms with E-state index in [1.54, 1.807) is 22.7 Å². The van der Waals surface area contributed by atoms with Crippen molar-refractivity contribution >= 4 is 45.0 Å². The molecule has 1 N–H and O–H groups in total. The zero-order valence-electron chi connectivity index (χ0n) is 15.6. The predicted octanol–water partition coefficient (Wildman–Crippen LogP) is 3.67. The van der Waals surface area contributed by atoms with Crippen molar-refractivity contribution in [2.75, 3.05) is 18.1 Å². The number of thioether (sulfide) groups is 1. The summed E-state index contributed by atoms with van der Waals surface area (Å²) in [5, 5.41) is 3.27. The van der Waals surface area contributed by atoms with Gasteiger partial charge in [-0.05, 0) is 50.3 Å². The lowest BCUT2D eigenvalue weighted by molar-refractivity contribution is 0.102. The molecule has 1 unspecified atom stereocenters. The van der Waals surface area contributed by atoms with Gasteiger partial charge >= 0.3 is 0 Å². The average Bonchev–Trinajstić information content (AvgIpc) is 2.69. The van der Waals surface area contributed by atoms with E-state index in [2.05, 4.69) is 15.3 Å². The third kappa shape index (κ3) is 4.48. The van der Waals surface area contributed by atoms with Gasteiger partial charge in [0.1, 0.15) is 0 Å². The molecule has 1 amide bonds. The fraction of sp³-hybridized carbons (Fsp3) is 0.389. The number of piperidine rings is 1. The number of nitrogens with one attached hydrogen (secondary N) is 1. The van der Waals surface area contributed by atoms with Gasteiger partial charge in [-0.3, -0.25) is 4.79 Å². The Morgan fingerprint density at radius 2 is 2.00 bits per heavy atom. The van der Waals surface area contributed by atoms with Crippen LogP contribution in [0.1, 0.15) is 36.7 Å². The molecule has 1 saturated heterocycles. The highest BCUT2D eigenvalue weighted by Gasteiger charge is 2.30. The normalized spacial score (nSPS) is 18.0. The number of nitrogens with zero attached hydrogens (tertiary/aromatic N) is 3. The molecule has 0 aliphatic carbocycles. The quantitative estimate of drug-likeness (QED) is 0.563. The number of hydrogen-bond donors (Lipinski definition) is 1. The summed E-state index contributed by atoms with van der Waals surface area (Å²) in [5.74, 6) is -0.483. The van der Waals surface area contributed by atoms with Gasteiger partial charge in [0, 0.05) is 18.3 Å². The van der Waals surface area contributed by atoms with Crippen molar-refractivity contribution in [1.29, 1.82) is 0 Å². The second-order valence-electron chi connectivity index (χ2n) is 6.49. The Labute approximate surface area is 173 Å². The van der Waals surface area contributed by atoms with Gasteiger partial charge in [-0.25, -0.2) is 18.4 Å². The SMILES string of the molecule is CSc1ncc(Cl)c(C(=O)Nc2ccc(S(=O)(=O)N3CCCCC3C)cc2)n1. The minimum absolute atomic E-state index is 0.0105. The molecule has 2 aromatic rings. The molecule has 150 valence electrons. The molecule has 28 heavy (non-hydrogen) atoms. The van der Waals surface area contributed by atoms with Crippen LogP contribution in [0.25, 0.3) is 0 Å². The first-order chi connectivity index (χ1) is 13.3. The Hall–Kier alpha value is -1.68. The Morgan fingerprint density at radius 1 is 1.29 bits per heavy atom. The number of carbonyl (C=O) groups excluding carboxylic acids is 1. The molecule has 1 aliphatic rings. The van der Waals surface area contributed by atoms with Crippen molar-refractivity contribution in [2.45, 2.75) is 42.3 Å². The van der Waals surface area contributed by atoms with Crippen molar-refractivity contribution in [2.24, 2.45) is 0 Å². The van der Waals surface area contributed by atoms with Gasteiger partial charge in [-0.1, -0.05) is 29.8 Å². The monoisotopic (exact) mass is 440 g/mol. The number of anilines is 1. The van der Waals surface area contributed by atoms with Gasteiger partial charge in [0.2, 0.25) is 10.0 Å². The van der Waals surface area contributed by atoms with Crippen LogP contribution in [0.3, 0.4) is 0 Å². The molecule has 1 aromatic heterocycles. The number of amides is 1. The highest BCUT2D eigenvalue weighted by Crippen LogP contribution is 2.26. The molecule has 3 rings (SSSR count). The molecule has 0 saturated carbocycles. The Morgan fingerprint density at radius 3 is 2.64 bits per heavy atom. The molecule has 0 radical (unpaired) electrons. The number of hydrogen-bond acceptors (Lipinski definition) is 6.